The molecule has 0 aliphatic carbocycles. The Bertz CT molecular complexity index is 1020. The van der Waals surface area contributed by atoms with E-state index in [1.165, 1.54) is 9.08 Å². The molecule has 3 heterocycles. The van der Waals surface area contributed by atoms with Crippen LogP contribution in [0.2, 0.25) is 0 Å². The largest absolute Gasteiger partial charge is 0.352 e. The standard InChI is InChI=1S/C18H21N5O2/c1-12-7-5-6-10-21(12)16(24)11-22-18(25)23-13(2)19-15-9-4-3-8-14(15)17(23)20-22/h3-4,8-9,12H,5-7,10-11H2,1-2H3/t12-/m1/s1. The molecule has 0 saturated carbocycles. The smallest absolute Gasteiger partial charge is 0.338 e. The Hall–Kier alpha value is -2.70. The summed E-state index contributed by atoms with van der Waals surface area (Å²) in [5, 5.41) is 5.25. The zero-order valence-corrected chi connectivity index (χ0v) is 14.5. The van der Waals surface area contributed by atoms with Crippen molar-refractivity contribution in [1.29, 1.82) is 0 Å². The van der Waals surface area contributed by atoms with Crippen LogP contribution in [-0.4, -0.2) is 42.6 Å². The number of fused-ring (bicyclic) bond motifs is 3. The molecule has 1 saturated heterocycles. The van der Waals surface area contributed by atoms with Crippen molar-refractivity contribution < 1.29 is 4.79 Å². The maximum atomic E-state index is 12.7. The predicted octanol–water partition coefficient (Wildman–Crippen LogP) is 1.75. The Labute approximate surface area is 144 Å². The van der Waals surface area contributed by atoms with Gasteiger partial charge in [0.2, 0.25) is 5.91 Å². The van der Waals surface area contributed by atoms with Gasteiger partial charge in [0.05, 0.1) is 5.52 Å². The van der Waals surface area contributed by atoms with Crippen LogP contribution < -0.4 is 5.69 Å². The van der Waals surface area contributed by atoms with Gasteiger partial charge in [-0.3, -0.25) is 4.79 Å². The molecule has 4 rings (SSSR count). The average molecular weight is 339 g/mol. The summed E-state index contributed by atoms with van der Waals surface area (Å²) in [4.78, 5) is 31.7. The van der Waals surface area contributed by atoms with Gasteiger partial charge in [-0.2, -0.15) is 0 Å². The van der Waals surface area contributed by atoms with Crippen LogP contribution in [0.3, 0.4) is 0 Å². The van der Waals surface area contributed by atoms with Gasteiger partial charge in [0.1, 0.15) is 12.4 Å². The highest BCUT2D eigenvalue weighted by molar-refractivity contribution is 5.91. The Kier molecular flexibility index (Phi) is 3.78. The van der Waals surface area contributed by atoms with Gasteiger partial charge < -0.3 is 4.90 Å². The number of amides is 1. The first-order valence-electron chi connectivity index (χ1n) is 8.70. The molecule has 0 bridgehead atoms. The van der Waals surface area contributed by atoms with Crippen LogP contribution in [0.1, 0.15) is 32.0 Å². The van der Waals surface area contributed by atoms with Gasteiger partial charge in [0.25, 0.3) is 0 Å². The van der Waals surface area contributed by atoms with Crippen molar-refractivity contribution in [2.24, 2.45) is 0 Å². The fourth-order valence-electron chi connectivity index (χ4n) is 3.65. The molecule has 1 aromatic carbocycles. The Balaban J connectivity index is 1.77. The number of aromatic nitrogens is 4. The molecular weight excluding hydrogens is 318 g/mol. The first-order chi connectivity index (χ1) is 12.1. The number of carbonyl (C=O) groups excluding carboxylic acids is 1. The van der Waals surface area contributed by atoms with E-state index in [-0.39, 0.29) is 24.2 Å². The molecular formula is C18H21N5O2. The quantitative estimate of drug-likeness (QED) is 0.713. The van der Waals surface area contributed by atoms with Crippen molar-refractivity contribution >= 4 is 22.5 Å². The van der Waals surface area contributed by atoms with Crippen LogP contribution >= 0.6 is 0 Å². The van der Waals surface area contributed by atoms with Gasteiger partial charge in [-0.15, -0.1) is 5.10 Å². The van der Waals surface area contributed by atoms with Gasteiger partial charge in [-0.1, -0.05) is 12.1 Å². The van der Waals surface area contributed by atoms with Crippen LogP contribution in [0, 0.1) is 6.92 Å². The molecule has 0 unspecified atom stereocenters. The number of piperidine rings is 1. The number of likely N-dealkylation sites (tertiary alicyclic amines) is 1. The highest BCUT2D eigenvalue weighted by Gasteiger charge is 2.24. The second-order valence-corrected chi connectivity index (χ2v) is 6.71. The van der Waals surface area contributed by atoms with Crippen molar-refractivity contribution in [3.8, 4) is 0 Å². The van der Waals surface area contributed by atoms with E-state index >= 15 is 0 Å². The van der Waals surface area contributed by atoms with Crippen molar-refractivity contribution in [2.45, 2.75) is 45.7 Å². The van der Waals surface area contributed by atoms with Crippen LogP contribution in [0.15, 0.2) is 29.1 Å². The summed E-state index contributed by atoms with van der Waals surface area (Å²) in [6.07, 6.45) is 3.18. The highest BCUT2D eigenvalue weighted by Crippen LogP contribution is 2.18. The summed E-state index contributed by atoms with van der Waals surface area (Å²) in [7, 11) is 0. The summed E-state index contributed by atoms with van der Waals surface area (Å²) >= 11 is 0. The molecule has 7 heteroatoms. The molecule has 1 atom stereocenters. The first-order valence-corrected chi connectivity index (χ1v) is 8.70. The fraction of sp³-hybridized carbons (Fsp3) is 0.444. The number of hydrogen-bond donors (Lipinski definition) is 0. The summed E-state index contributed by atoms with van der Waals surface area (Å²) in [5.74, 6) is 0.524. The van der Waals surface area contributed by atoms with Crippen LogP contribution in [0.5, 0.6) is 0 Å². The molecule has 1 aliphatic heterocycles. The molecule has 0 spiro atoms. The molecule has 3 aromatic rings. The van der Waals surface area contributed by atoms with Gasteiger partial charge in [-0.05, 0) is 45.2 Å². The molecule has 7 nitrogen and oxygen atoms in total. The van der Waals surface area contributed by atoms with E-state index in [1.54, 1.807) is 6.92 Å². The lowest BCUT2D eigenvalue weighted by Gasteiger charge is -2.33. The molecule has 130 valence electrons. The Morgan fingerprint density at radius 3 is 2.88 bits per heavy atom. The normalized spacial score (nSPS) is 18.2. The van der Waals surface area contributed by atoms with Gasteiger partial charge in [-0.25, -0.2) is 18.9 Å². The summed E-state index contributed by atoms with van der Waals surface area (Å²) in [5.41, 5.74) is 1.02. The van der Waals surface area contributed by atoms with E-state index in [4.69, 9.17) is 0 Å². The fourth-order valence-corrected chi connectivity index (χ4v) is 3.65. The maximum Gasteiger partial charge on any atom is 0.352 e. The van der Waals surface area contributed by atoms with Gasteiger partial charge in [0, 0.05) is 18.0 Å². The number of nitrogens with zero attached hydrogens (tertiary/aromatic N) is 5. The number of para-hydroxylation sites is 1. The lowest BCUT2D eigenvalue weighted by molar-refractivity contribution is -0.135. The van der Waals surface area contributed by atoms with E-state index in [1.807, 2.05) is 29.2 Å². The number of carbonyl (C=O) groups is 1. The number of hydrogen-bond acceptors (Lipinski definition) is 4. The Morgan fingerprint density at radius 2 is 2.08 bits per heavy atom. The summed E-state index contributed by atoms with van der Waals surface area (Å²) in [6, 6.07) is 7.80. The maximum absolute atomic E-state index is 12.7. The van der Waals surface area contributed by atoms with Crippen LogP contribution in [0.4, 0.5) is 0 Å². The van der Waals surface area contributed by atoms with Crippen LogP contribution in [-0.2, 0) is 11.3 Å². The number of benzene rings is 1. The number of rotatable bonds is 2. The van der Waals surface area contributed by atoms with Crippen molar-refractivity contribution in [1.82, 2.24) is 24.1 Å². The minimum atomic E-state index is -0.316. The predicted molar refractivity (Wildman–Crippen MR) is 94.5 cm³/mol. The molecule has 1 fully saturated rings. The van der Waals surface area contributed by atoms with E-state index in [2.05, 4.69) is 17.0 Å². The van der Waals surface area contributed by atoms with E-state index in [0.717, 1.165) is 36.7 Å². The summed E-state index contributed by atoms with van der Waals surface area (Å²) < 4.78 is 2.75. The second kappa shape index (κ2) is 5.98. The van der Waals surface area contributed by atoms with Crippen molar-refractivity contribution in [3.05, 3.63) is 40.6 Å². The molecule has 0 radical (unpaired) electrons. The monoisotopic (exact) mass is 339 g/mol. The van der Waals surface area contributed by atoms with E-state index < -0.39 is 0 Å². The molecule has 0 N–H and O–H groups in total. The lowest BCUT2D eigenvalue weighted by Crippen LogP contribution is -2.44. The molecule has 2 aromatic heterocycles. The molecule has 1 aliphatic rings. The Morgan fingerprint density at radius 1 is 1.28 bits per heavy atom. The lowest BCUT2D eigenvalue weighted by atomic mass is 10.0. The first kappa shape index (κ1) is 15.8. The SMILES string of the molecule is Cc1nc2ccccc2c2nn(CC(=O)N3CCCC[C@H]3C)c(=O)n12. The zero-order chi connectivity index (χ0) is 17.6. The number of aryl methyl sites for hydroxylation is 1. The minimum absolute atomic E-state index is 0.0291. The average Bonchev–Trinajstić information content (AvgIpc) is 2.93. The third-order valence-electron chi connectivity index (χ3n) is 5.00. The van der Waals surface area contributed by atoms with E-state index in [0.29, 0.717) is 11.5 Å². The van der Waals surface area contributed by atoms with Gasteiger partial charge >= 0.3 is 5.69 Å². The zero-order valence-electron chi connectivity index (χ0n) is 14.5. The third-order valence-corrected chi connectivity index (χ3v) is 5.00. The van der Waals surface area contributed by atoms with Crippen LogP contribution in [0.25, 0.3) is 16.6 Å². The van der Waals surface area contributed by atoms with Crippen molar-refractivity contribution in [2.75, 3.05) is 6.54 Å². The molecule has 25 heavy (non-hydrogen) atoms. The highest BCUT2D eigenvalue weighted by atomic mass is 16.2. The van der Waals surface area contributed by atoms with E-state index in [9.17, 15) is 9.59 Å². The topological polar surface area (TPSA) is 72.5 Å². The van der Waals surface area contributed by atoms with Gasteiger partial charge in [0.15, 0.2) is 5.65 Å². The second-order valence-electron chi connectivity index (χ2n) is 6.71. The van der Waals surface area contributed by atoms with Crippen molar-refractivity contribution in [3.63, 3.8) is 0 Å². The third kappa shape index (κ3) is 2.59. The molecule has 1 amide bonds. The minimum Gasteiger partial charge on any atom is -0.338 e. The summed E-state index contributed by atoms with van der Waals surface area (Å²) in [6.45, 7) is 4.57.